The molecular weight excluding hydrogens is 328 g/mol. The van der Waals surface area contributed by atoms with Crippen LogP contribution in [0.2, 0.25) is 0 Å². The molecule has 1 amide bonds. The Balaban J connectivity index is 1.44. The first-order chi connectivity index (χ1) is 12.8. The molecule has 0 aromatic heterocycles. The minimum absolute atomic E-state index is 0.0305. The van der Waals surface area contributed by atoms with Crippen molar-refractivity contribution >= 4 is 11.6 Å². The first-order valence-electron chi connectivity index (χ1n) is 9.92. The summed E-state index contributed by atoms with van der Waals surface area (Å²) in [6, 6.07) is 7.89. The van der Waals surface area contributed by atoms with Crippen molar-refractivity contribution in [2.75, 3.05) is 77.0 Å². The van der Waals surface area contributed by atoms with E-state index in [-0.39, 0.29) is 5.91 Å². The summed E-state index contributed by atoms with van der Waals surface area (Å²) in [4.78, 5) is 19.9. The summed E-state index contributed by atoms with van der Waals surface area (Å²) in [7, 11) is 0. The highest BCUT2D eigenvalue weighted by molar-refractivity contribution is 5.99. The predicted octanol–water partition coefficient (Wildman–Crippen LogP) is 1.28. The minimum atomic E-state index is 0.0305. The molecule has 6 heteroatoms. The van der Waals surface area contributed by atoms with E-state index in [1.165, 1.54) is 0 Å². The van der Waals surface area contributed by atoms with Crippen molar-refractivity contribution in [3.8, 4) is 0 Å². The van der Waals surface area contributed by atoms with E-state index in [0.717, 1.165) is 89.8 Å². The Labute approximate surface area is 157 Å². The molecule has 0 unspecified atom stereocenters. The largest absolute Gasteiger partial charge is 0.378 e. The molecule has 2 fully saturated rings. The van der Waals surface area contributed by atoms with Crippen LogP contribution in [-0.4, -0.2) is 87.8 Å². The number of morpholine rings is 1. The highest BCUT2D eigenvalue weighted by atomic mass is 16.5. The molecule has 0 radical (unpaired) electrons. The van der Waals surface area contributed by atoms with Gasteiger partial charge in [-0.15, -0.1) is 0 Å². The standard InChI is InChI=1S/C20H32N4O2/c1-2-22-10-12-23(13-11-22)9-5-8-21-20(25)18-6-3-4-7-19(18)24-14-16-26-17-15-24/h3-4,6-7H,2,5,8-17H2,1H3,(H,21,25). The monoisotopic (exact) mass is 360 g/mol. The molecule has 1 aromatic carbocycles. The molecule has 2 aliphatic heterocycles. The van der Waals surface area contributed by atoms with Gasteiger partial charge in [0.1, 0.15) is 0 Å². The summed E-state index contributed by atoms with van der Waals surface area (Å²) in [5.74, 6) is 0.0305. The molecule has 0 bridgehead atoms. The number of nitrogens with one attached hydrogen (secondary N) is 1. The van der Waals surface area contributed by atoms with Gasteiger partial charge in [0.25, 0.3) is 5.91 Å². The highest BCUT2D eigenvalue weighted by Crippen LogP contribution is 2.21. The number of carbonyl (C=O) groups is 1. The summed E-state index contributed by atoms with van der Waals surface area (Å²) >= 11 is 0. The van der Waals surface area contributed by atoms with Crippen molar-refractivity contribution < 1.29 is 9.53 Å². The number of likely N-dealkylation sites (N-methyl/N-ethyl adjacent to an activating group) is 1. The van der Waals surface area contributed by atoms with Crippen molar-refractivity contribution in [1.29, 1.82) is 0 Å². The normalized spacial score (nSPS) is 19.5. The number of anilines is 1. The Morgan fingerprint density at radius 1 is 1.04 bits per heavy atom. The molecule has 144 valence electrons. The Morgan fingerprint density at radius 3 is 2.46 bits per heavy atom. The zero-order valence-electron chi connectivity index (χ0n) is 16.0. The summed E-state index contributed by atoms with van der Waals surface area (Å²) < 4.78 is 5.42. The molecule has 2 heterocycles. The number of benzene rings is 1. The number of nitrogens with zero attached hydrogens (tertiary/aromatic N) is 3. The average Bonchev–Trinajstić information content (AvgIpc) is 2.72. The number of para-hydroxylation sites is 1. The summed E-state index contributed by atoms with van der Waals surface area (Å²) in [5, 5.41) is 3.10. The fraction of sp³-hybridized carbons (Fsp3) is 0.650. The van der Waals surface area contributed by atoms with Gasteiger partial charge in [0.2, 0.25) is 0 Å². The summed E-state index contributed by atoms with van der Waals surface area (Å²) in [5.41, 5.74) is 1.79. The zero-order valence-corrected chi connectivity index (χ0v) is 16.0. The van der Waals surface area contributed by atoms with Crippen LogP contribution in [0.25, 0.3) is 0 Å². The third kappa shape index (κ3) is 5.19. The summed E-state index contributed by atoms with van der Waals surface area (Å²) in [6.45, 7) is 12.9. The van der Waals surface area contributed by atoms with Gasteiger partial charge in [-0.1, -0.05) is 19.1 Å². The van der Waals surface area contributed by atoms with Crippen LogP contribution >= 0.6 is 0 Å². The van der Waals surface area contributed by atoms with Crippen molar-refractivity contribution in [2.24, 2.45) is 0 Å². The summed E-state index contributed by atoms with van der Waals surface area (Å²) in [6.07, 6.45) is 0.998. The van der Waals surface area contributed by atoms with Gasteiger partial charge in [-0.25, -0.2) is 0 Å². The van der Waals surface area contributed by atoms with E-state index in [9.17, 15) is 4.79 Å². The Bertz CT molecular complexity index is 567. The van der Waals surface area contributed by atoms with Crippen LogP contribution in [-0.2, 0) is 4.74 Å². The second kappa shape index (κ2) is 9.90. The smallest absolute Gasteiger partial charge is 0.253 e. The maximum absolute atomic E-state index is 12.7. The lowest BCUT2D eigenvalue weighted by Crippen LogP contribution is -2.46. The zero-order chi connectivity index (χ0) is 18.2. The number of hydrogen-bond donors (Lipinski definition) is 1. The molecule has 0 saturated carbocycles. The number of hydrogen-bond acceptors (Lipinski definition) is 5. The minimum Gasteiger partial charge on any atom is -0.378 e. The first-order valence-corrected chi connectivity index (χ1v) is 9.92. The van der Waals surface area contributed by atoms with E-state index in [1.54, 1.807) is 0 Å². The molecule has 26 heavy (non-hydrogen) atoms. The van der Waals surface area contributed by atoms with E-state index >= 15 is 0 Å². The van der Waals surface area contributed by atoms with E-state index in [4.69, 9.17) is 4.74 Å². The molecule has 1 N–H and O–H groups in total. The lowest BCUT2D eigenvalue weighted by molar-refractivity contribution is 0.0947. The molecule has 3 rings (SSSR count). The van der Waals surface area contributed by atoms with Crippen LogP contribution in [0.5, 0.6) is 0 Å². The van der Waals surface area contributed by atoms with Crippen LogP contribution < -0.4 is 10.2 Å². The third-order valence-corrected chi connectivity index (χ3v) is 5.35. The molecule has 0 aliphatic carbocycles. The Kier molecular flexibility index (Phi) is 7.29. The highest BCUT2D eigenvalue weighted by Gasteiger charge is 2.18. The van der Waals surface area contributed by atoms with Gasteiger partial charge in [0.05, 0.1) is 18.8 Å². The van der Waals surface area contributed by atoms with E-state index < -0.39 is 0 Å². The van der Waals surface area contributed by atoms with Gasteiger partial charge in [-0.3, -0.25) is 4.79 Å². The van der Waals surface area contributed by atoms with Crippen LogP contribution in [0.1, 0.15) is 23.7 Å². The Morgan fingerprint density at radius 2 is 1.73 bits per heavy atom. The first kappa shape index (κ1) is 19.1. The number of ether oxygens (including phenoxy) is 1. The maximum Gasteiger partial charge on any atom is 0.253 e. The molecule has 0 spiro atoms. The van der Waals surface area contributed by atoms with E-state index in [1.807, 2.05) is 24.3 Å². The quantitative estimate of drug-likeness (QED) is 0.743. The second-order valence-corrected chi connectivity index (χ2v) is 7.00. The van der Waals surface area contributed by atoms with Crippen molar-refractivity contribution in [2.45, 2.75) is 13.3 Å². The van der Waals surface area contributed by atoms with E-state index in [0.29, 0.717) is 0 Å². The maximum atomic E-state index is 12.7. The second-order valence-electron chi connectivity index (χ2n) is 7.00. The fourth-order valence-corrected chi connectivity index (χ4v) is 3.67. The number of amides is 1. The molecule has 2 aliphatic rings. The number of piperazine rings is 1. The number of carbonyl (C=O) groups excluding carboxylic acids is 1. The van der Waals surface area contributed by atoms with Crippen molar-refractivity contribution in [3.05, 3.63) is 29.8 Å². The molecule has 1 aromatic rings. The topological polar surface area (TPSA) is 48.0 Å². The average molecular weight is 361 g/mol. The van der Waals surface area contributed by atoms with Gasteiger partial charge in [-0.05, 0) is 31.6 Å². The van der Waals surface area contributed by atoms with Crippen LogP contribution in [0.3, 0.4) is 0 Å². The van der Waals surface area contributed by atoms with Gasteiger partial charge in [0, 0.05) is 51.5 Å². The third-order valence-electron chi connectivity index (χ3n) is 5.35. The van der Waals surface area contributed by atoms with E-state index in [2.05, 4.69) is 26.9 Å². The van der Waals surface area contributed by atoms with Gasteiger partial charge in [-0.2, -0.15) is 0 Å². The van der Waals surface area contributed by atoms with Crippen LogP contribution in [0.4, 0.5) is 5.69 Å². The Hall–Kier alpha value is -1.63. The fourth-order valence-electron chi connectivity index (χ4n) is 3.67. The lowest BCUT2D eigenvalue weighted by Gasteiger charge is -2.34. The molecular formula is C20H32N4O2. The predicted molar refractivity (Wildman–Crippen MR) is 105 cm³/mol. The van der Waals surface area contributed by atoms with Crippen LogP contribution in [0, 0.1) is 0 Å². The van der Waals surface area contributed by atoms with Gasteiger partial charge >= 0.3 is 0 Å². The van der Waals surface area contributed by atoms with Crippen LogP contribution in [0.15, 0.2) is 24.3 Å². The van der Waals surface area contributed by atoms with Gasteiger partial charge < -0.3 is 24.8 Å². The molecule has 0 atom stereocenters. The SMILES string of the molecule is CCN1CCN(CCCNC(=O)c2ccccc2N2CCOCC2)CC1. The van der Waals surface area contributed by atoms with Gasteiger partial charge in [0.15, 0.2) is 0 Å². The molecule has 2 saturated heterocycles. The van der Waals surface area contributed by atoms with Crippen molar-refractivity contribution in [3.63, 3.8) is 0 Å². The molecule has 6 nitrogen and oxygen atoms in total. The van der Waals surface area contributed by atoms with Crippen molar-refractivity contribution in [1.82, 2.24) is 15.1 Å². The number of rotatable bonds is 7. The lowest BCUT2D eigenvalue weighted by atomic mass is 10.1.